The summed E-state index contributed by atoms with van der Waals surface area (Å²) in [6, 6.07) is 8.33. The van der Waals surface area contributed by atoms with E-state index in [0.29, 0.717) is 18.4 Å². The third-order valence-corrected chi connectivity index (χ3v) is 3.69. The van der Waals surface area contributed by atoms with Crippen LogP contribution in [0.15, 0.2) is 41.8 Å². The first-order valence-corrected chi connectivity index (χ1v) is 7.22. The van der Waals surface area contributed by atoms with Gasteiger partial charge < -0.3 is 15.6 Å². The summed E-state index contributed by atoms with van der Waals surface area (Å²) in [5.41, 5.74) is 9.22. The van der Waals surface area contributed by atoms with Crippen LogP contribution in [0.5, 0.6) is 0 Å². The van der Waals surface area contributed by atoms with Gasteiger partial charge in [-0.25, -0.2) is 9.98 Å². The Hall–Kier alpha value is -1.57. The minimum Gasteiger partial charge on any atom is -0.370 e. The molecule has 0 spiro atoms. The van der Waals surface area contributed by atoms with E-state index in [1.807, 2.05) is 23.7 Å². The van der Waals surface area contributed by atoms with E-state index in [2.05, 4.69) is 41.3 Å². The molecule has 22 heavy (non-hydrogen) atoms. The van der Waals surface area contributed by atoms with Gasteiger partial charge in [-0.1, -0.05) is 26.0 Å². The number of hydrogen-bond donors (Lipinski definition) is 2. The SMILES string of the molecule is CCC(C)c1ccc(NC(N)=NCc2cncn2C)cc1.I. The molecule has 6 heteroatoms. The summed E-state index contributed by atoms with van der Waals surface area (Å²) in [6.07, 6.45) is 4.68. The number of aliphatic imine (C=N–C) groups is 1. The molecule has 2 rings (SSSR count). The Morgan fingerprint density at radius 3 is 2.59 bits per heavy atom. The molecule has 3 N–H and O–H groups in total. The molecular formula is C16H24IN5. The number of halogens is 1. The summed E-state index contributed by atoms with van der Waals surface area (Å²) < 4.78 is 1.93. The molecule has 120 valence electrons. The molecule has 1 aromatic heterocycles. The molecule has 1 heterocycles. The number of anilines is 1. The lowest BCUT2D eigenvalue weighted by Gasteiger charge is -2.10. The molecule has 0 fully saturated rings. The highest BCUT2D eigenvalue weighted by atomic mass is 127. The third kappa shape index (κ3) is 5.01. The average molecular weight is 413 g/mol. The van der Waals surface area contributed by atoms with E-state index in [0.717, 1.165) is 17.8 Å². The lowest BCUT2D eigenvalue weighted by atomic mass is 9.99. The van der Waals surface area contributed by atoms with Gasteiger partial charge in [0.1, 0.15) is 0 Å². The number of imidazole rings is 1. The number of nitrogens with one attached hydrogen (secondary N) is 1. The predicted molar refractivity (Wildman–Crippen MR) is 103 cm³/mol. The highest BCUT2D eigenvalue weighted by Crippen LogP contribution is 2.20. The number of aromatic nitrogens is 2. The Bertz CT molecular complexity index is 603. The molecule has 0 bridgehead atoms. The highest BCUT2D eigenvalue weighted by molar-refractivity contribution is 14.0. The van der Waals surface area contributed by atoms with E-state index >= 15 is 0 Å². The number of benzene rings is 1. The quantitative estimate of drug-likeness (QED) is 0.448. The maximum atomic E-state index is 5.91. The lowest BCUT2D eigenvalue weighted by Crippen LogP contribution is -2.22. The van der Waals surface area contributed by atoms with Crippen molar-refractivity contribution in [2.45, 2.75) is 32.7 Å². The Morgan fingerprint density at radius 1 is 1.36 bits per heavy atom. The van der Waals surface area contributed by atoms with Crippen LogP contribution in [0.2, 0.25) is 0 Å². The number of nitrogens with two attached hydrogens (primary N) is 1. The number of nitrogens with zero attached hydrogens (tertiary/aromatic N) is 3. The summed E-state index contributed by atoms with van der Waals surface area (Å²) in [7, 11) is 1.94. The van der Waals surface area contributed by atoms with Crippen LogP contribution in [0, 0.1) is 0 Å². The van der Waals surface area contributed by atoms with Gasteiger partial charge in [-0.05, 0) is 30.0 Å². The predicted octanol–water partition coefficient (Wildman–Crippen LogP) is 3.48. The van der Waals surface area contributed by atoms with Crippen molar-refractivity contribution in [3.05, 3.63) is 48.0 Å². The molecule has 1 aromatic carbocycles. The van der Waals surface area contributed by atoms with Crippen LogP contribution in [0.4, 0.5) is 5.69 Å². The zero-order valence-corrected chi connectivity index (χ0v) is 15.6. The largest absolute Gasteiger partial charge is 0.370 e. The van der Waals surface area contributed by atoms with Crippen molar-refractivity contribution in [3.8, 4) is 0 Å². The zero-order chi connectivity index (χ0) is 15.2. The molecule has 5 nitrogen and oxygen atoms in total. The molecule has 0 saturated carbocycles. The Morgan fingerprint density at radius 2 is 2.05 bits per heavy atom. The summed E-state index contributed by atoms with van der Waals surface area (Å²) in [6.45, 7) is 4.94. The number of rotatable bonds is 5. The van der Waals surface area contributed by atoms with E-state index in [-0.39, 0.29) is 24.0 Å². The fourth-order valence-corrected chi connectivity index (χ4v) is 2.02. The van der Waals surface area contributed by atoms with Crippen LogP contribution < -0.4 is 11.1 Å². The third-order valence-electron chi connectivity index (χ3n) is 3.69. The highest BCUT2D eigenvalue weighted by Gasteiger charge is 2.03. The van der Waals surface area contributed by atoms with Crippen LogP contribution in [0.25, 0.3) is 0 Å². The summed E-state index contributed by atoms with van der Waals surface area (Å²) >= 11 is 0. The first-order chi connectivity index (χ1) is 10.1. The summed E-state index contributed by atoms with van der Waals surface area (Å²) in [5, 5.41) is 3.11. The van der Waals surface area contributed by atoms with E-state index in [9.17, 15) is 0 Å². The fraction of sp³-hybridized carbons (Fsp3) is 0.375. The van der Waals surface area contributed by atoms with Crippen molar-refractivity contribution < 1.29 is 0 Å². The normalized spacial score (nSPS) is 12.6. The van der Waals surface area contributed by atoms with Gasteiger partial charge in [0.25, 0.3) is 0 Å². The van der Waals surface area contributed by atoms with Crippen molar-refractivity contribution in [2.75, 3.05) is 5.32 Å². The van der Waals surface area contributed by atoms with Crippen LogP contribution in [0.3, 0.4) is 0 Å². The van der Waals surface area contributed by atoms with Crippen molar-refractivity contribution in [2.24, 2.45) is 17.8 Å². The maximum absolute atomic E-state index is 5.91. The van der Waals surface area contributed by atoms with E-state index in [1.165, 1.54) is 5.56 Å². The van der Waals surface area contributed by atoms with E-state index in [4.69, 9.17) is 5.73 Å². The molecule has 1 unspecified atom stereocenters. The molecule has 0 radical (unpaired) electrons. The minimum absolute atomic E-state index is 0. The zero-order valence-electron chi connectivity index (χ0n) is 13.3. The maximum Gasteiger partial charge on any atom is 0.193 e. The summed E-state index contributed by atoms with van der Waals surface area (Å²) in [4.78, 5) is 8.37. The lowest BCUT2D eigenvalue weighted by molar-refractivity contribution is 0.734. The van der Waals surface area contributed by atoms with Crippen molar-refractivity contribution in [1.82, 2.24) is 9.55 Å². The molecule has 0 amide bonds. The second-order valence-electron chi connectivity index (χ2n) is 5.25. The van der Waals surface area contributed by atoms with Gasteiger partial charge in [0.05, 0.1) is 24.8 Å². The van der Waals surface area contributed by atoms with Gasteiger partial charge in [0.2, 0.25) is 0 Å². The Balaban J connectivity index is 0.00000242. The van der Waals surface area contributed by atoms with Crippen LogP contribution >= 0.6 is 24.0 Å². The monoisotopic (exact) mass is 413 g/mol. The molecule has 0 aliphatic rings. The van der Waals surface area contributed by atoms with Crippen LogP contribution in [-0.2, 0) is 13.6 Å². The first kappa shape index (κ1) is 18.5. The van der Waals surface area contributed by atoms with E-state index < -0.39 is 0 Å². The molecule has 0 aliphatic carbocycles. The number of guanidine groups is 1. The average Bonchev–Trinajstić information content (AvgIpc) is 2.90. The molecule has 2 aromatic rings. The van der Waals surface area contributed by atoms with Gasteiger partial charge in [-0.2, -0.15) is 0 Å². The Kier molecular flexibility index (Phi) is 7.37. The van der Waals surface area contributed by atoms with Crippen LogP contribution in [-0.4, -0.2) is 15.5 Å². The van der Waals surface area contributed by atoms with Gasteiger partial charge in [0, 0.05) is 12.7 Å². The smallest absolute Gasteiger partial charge is 0.193 e. The second kappa shape index (κ2) is 8.77. The first-order valence-electron chi connectivity index (χ1n) is 7.22. The second-order valence-corrected chi connectivity index (χ2v) is 5.25. The van der Waals surface area contributed by atoms with Crippen molar-refractivity contribution in [3.63, 3.8) is 0 Å². The van der Waals surface area contributed by atoms with Gasteiger partial charge >= 0.3 is 0 Å². The fourth-order valence-electron chi connectivity index (χ4n) is 2.02. The van der Waals surface area contributed by atoms with Crippen molar-refractivity contribution in [1.29, 1.82) is 0 Å². The molecule has 1 atom stereocenters. The Labute approximate surface area is 149 Å². The van der Waals surface area contributed by atoms with E-state index in [1.54, 1.807) is 12.5 Å². The number of aryl methyl sites for hydroxylation is 1. The van der Waals surface area contributed by atoms with Crippen LogP contribution in [0.1, 0.15) is 37.4 Å². The summed E-state index contributed by atoms with van der Waals surface area (Å²) in [5.74, 6) is 0.988. The van der Waals surface area contributed by atoms with Gasteiger partial charge in [-0.3, -0.25) is 0 Å². The number of hydrogen-bond acceptors (Lipinski definition) is 2. The molecule has 0 aliphatic heterocycles. The van der Waals surface area contributed by atoms with Gasteiger partial charge in [-0.15, -0.1) is 24.0 Å². The minimum atomic E-state index is 0. The molecule has 0 saturated heterocycles. The standard InChI is InChI=1S/C16H23N5.HI/c1-4-12(2)13-5-7-14(8-6-13)20-16(17)19-10-15-9-18-11-21(15)3;/h5-9,11-12H,4,10H2,1-3H3,(H3,17,19,20);1H. The van der Waals surface area contributed by atoms with Crippen molar-refractivity contribution >= 4 is 35.6 Å². The van der Waals surface area contributed by atoms with Gasteiger partial charge in [0.15, 0.2) is 5.96 Å². The molecular weight excluding hydrogens is 389 g/mol. The topological polar surface area (TPSA) is 68.2 Å².